The Morgan fingerprint density at radius 3 is 2.19 bits per heavy atom. The summed E-state index contributed by atoms with van der Waals surface area (Å²) < 4.78 is 0. The molecule has 5 heteroatoms. The minimum Gasteiger partial charge on any atom is -0.386 e. The maximum atomic E-state index is 10.8. The molecule has 0 aliphatic heterocycles. The molecule has 16 heavy (non-hydrogen) atoms. The Morgan fingerprint density at radius 1 is 1.12 bits per heavy atom. The van der Waals surface area contributed by atoms with E-state index in [0.717, 1.165) is 5.56 Å². The molecule has 0 saturated carbocycles. The normalized spacial score (nSPS) is 9.25. The smallest absolute Gasteiger partial charge is 0.255 e. The van der Waals surface area contributed by atoms with E-state index < -0.39 is 11.8 Å². The molecule has 0 spiro atoms. The topological polar surface area (TPSA) is 98.2 Å². The van der Waals surface area contributed by atoms with E-state index in [-0.39, 0.29) is 5.57 Å². The fourth-order valence-corrected chi connectivity index (χ4v) is 1.13. The van der Waals surface area contributed by atoms with Crippen LogP contribution in [0.5, 0.6) is 0 Å². The Labute approximate surface area is 93.1 Å². The molecule has 1 rings (SSSR count). The Morgan fingerprint density at radius 2 is 1.69 bits per heavy atom. The van der Waals surface area contributed by atoms with Crippen molar-refractivity contribution in [1.82, 2.24) is 5.32 Å². The number of nitrogens with one attached hydrogen (secondary N) is 1. The molecule has 84 valence electrons. The lowest BCUT2D eigenvalue weighted by Gasteiger charge is -2.02. The molecule has 0 radical (unpaired) electrons. The van der Waals surface area contributed by atoms with Gasteiger partial charge in [-0.1, -0.05) is 30.3 Å². The first-order valence-corrected chi connectivity index (χ1v) is 4.68. The van der Waals surface area contributed by atoms with Crippen LogP contribution in [0, 0.1) is 0 Å². The average molecular weight is 219 g/mol. The number of benzene rings is 1. The van der Waals surface area contributed by atoms with Crippen molar-refractivity contribution in [3.05, 3.63) is 47.7 Å². The Kier molecular flexibility index (Phi) is 4.08. The number of rotatable bonds is 5. The summed E-state index contributed by atoms with van der Waals surface area (Å²) in [7, 11) is 0. The lowest BCUT2D eigenvalue weighted by Crippen LogP contribution is -2.27. The second-order valence-electron chi connectivity index (χ2n) is 3.15. The molecule has 0 unspecified atom stereocenters. The van der Waals surface area contributed by atoms with Gasteiger partial charge in [-0.3, -0.25) is 9.59 Å². The van der Waals surface area contributed by atoms with Gasteiger partial charge in [-0.05, 0) is 5.56 Å². The van der Waals surface area contributed by atoms with Crippen molar-refractivity contribution in [2.24, 2.45) is 11.5 Å². The molecular formula is C11H13N3O2. The van der Waals surface area contributed by atoms with Crippen LogP contribution in [0.25, 0.3) is 0 Å². The summed E-state index contributed by atoms with van der Waals surface area (Å²) in [5, 5.41) is 2.80. The first kappa shape index (κ1) is 11.8. The van der Waals surface area contributed by atoms with Gasteiger partial charge < -0.3 is 16.8 Å². The highest BCUT2D eigenvalue weighted by Gasteiger charge is 2.10. The van der Waals surface area contributed by atoms with Crippen LogP contribution in [-0.4, -0.2) is 11.8 Å². The number of nitrogens with two attached hydrogens (primary N) is 2. The van der Waals surface area contributed by atoms with Gasteiger partial charge in [-0.15, -0.1) is 0 Å². The zero-order valence-electron chi connectivity index (χ0n) is 8.64. The highest BCUT2D eigenvalue weighted by atomic mass is 16.2. The predicted octanol–water partition coefficient (Wildman–Crippen LogP) is -0.369. The molecule has 0 aromatic heterocycles. The lowest BCUT2D eigenvalue weighted by atomic mass is 10.2. The molecule has 0 fully saturated rings. The summed E-state index contributed by atoms with van der Waals surface area (Å²) in [5.74, 6) is -1.68. The Balaban J connectivity index is 2.59. The zero-order chi connectivity index (χ0) is 12.0. The van der Waals surface area contributed by atoms with Crippen molar-refractivity contribution in [3.63, 3.8) is 0 Å². The van der Waals surface area contributed by atoms with Crippen LogP contribution in [0.15, 0.2) is 42.1 Å². The molecule has 1 aromatic carbocycles. The molecule has 1 aromatic rings. The second-order valence-corrected chi connectivity index (χ2v) is 3.15. The van der Waals surface area contributed by atoms with Gasteiger partial charge in [0.2, 0.25) is 0 Å². The molecule has 5 nitrogen and oxygen atoms in total. The van der Waals surface area contributed by atoms with E-state index in [1.807, 2.05) is 30.3 Å². The number of amides is 2. The van der Waals surface area contributed by atoms with Crippen LogP contribution in [0.4, 0.5) is 0 Å². The highest BCUT2D eigenvalue weighted by Crippen LogP contribution is 1.97. The largest absolute Gasteiger partial charge is 0.386 e. The lowest BCUT2D eigenvalue weighted by molar-refractivity contribution is -0.120. The summed E-state index contributed by atoms with van der Waals surface area (Å²) >= 11 is 0. The molecule has 0 aliphatic rings. The van der Waals surface area contributed by atoms with E-state index in [9.17, 15) is 9.59 Å². The van der Waals surface area contributed by atoms with Crippen molar-refractivity contribution in [2.75, 3.05) is 0 Å². The number of hydrogen-bond donors (Lipinski definition) is 3. The van der Waals surface area contributed by atoms with Gasteiger partial charge >= 0.3 is 0 Å². The van der Waals surface area contributed by atoms with Crippen LogP contribution in [0.3, 0.4) is 0 Å². The first-order chi connectivity index (χ1) is 7.61. The summed E-state index contributed by atoms with van der Waals surface area (Å²) in [6.07, 6.45) is 1.23. The number of carbonyl (C=O) groups is 2. The fourth-order valence-electron chi connectivity index (χ4n) is 1.13. The molecule has 0 heterocycles. The molecule has 5 N–H and O–H groups in total. The maximum absolute atomic E-state index is 10.8. The van der Waals surface area contributed by atoms with Gasteiger partial charge in [-0.2, -0.15) is 0 Å². The summed E-state index contributed by atoms with van der Waals surface area (Å²) in [6, 6.07) is 9.51. The quantitative estimate of drug-likeness (QED) is 0.358. The van der Waals surface area contributed by atoms with Crippen LogP contribution in [0.1, 0.15) is 5.56 Å². The van der Waals surface area contributed by atoms with E-state index >= 15 is 0 Å². The van der Waals surface area contributed by atoms with E-state index in [2.05, 4.69) is 5.32 Å². The highest BCUT2D eigenvalue weighted by molar-refractivity contribution is 6.17. The molecule has 2 amide bonds. The standard InChI is InChI=1S/C11H13N3O2/c12-10(15)9(11(13)16)7-14-6-8-4-2-1-3-5-8/h1-5,7,14H,6H2,(H2,12,15)(H2,13,16). The van der Waals surface area contributed by atoms with Gasteiger partial charge in [0.25, 0.3) is 11.8 Å². The maximum Gasteiger partial charge on any atom is 0.255 e. The van der Waals surface area contributed by atoms with Gasteiger partial charge in [0.15, 0.2) is 0 Å². The number of carbonyl (C=O) groups excluding carboxylic acids is 2. The Bertz CT molecular complexity index is 396. The molecule has 0 aliphatic carbocycles. The minimum atomic E-state index is -0.840. The van der Waals surface area contributed by atoms with Gasteiger partial charge in [0, 0.05) is 12.7 Å². The number of primary amides is 2. The van der Waals surface area contributed by atoms with E-state index in [0.29, 0.717) is 6.54 Å². The van der Waals surface area contributed by atoms with Crippen LogP contribution in [-0.2, 0) is 16.1 Å². The third kappa shape index (κ3) is 3.45. The molecule has 0 bridgehead atoms. The van der Waals surface area contributed by atoms with Crippen molar-refractivity contribution < 1.29 is 9.59 Å². The third-order valence-corrected chi connectivity index (χ3v) is 1.93. The van der Waals surface area contributed by atoms with Gasteiger partial charge in [0.1, 0.15) is 5.57 Å². The number of hydrogen-bond acceptors (Lipinski definition) is 3. The van der Waals surface area contributed by atoms with Crippen molar-refractivity contribution in [1.29, 1.82) is 0 Å². The van der Waals surface area contributed by atoms with E-state index in [4.69, 9.17) is 11.5 Å². The van der Waals surface area contributed by atoms with Crippen LogP contribution in [0.2, 0.25) is 0 Å². The average Bonchev–Trinajstić information content (AvgIpc) is 2.24. The van der Waals surface area contributed by atoms with Crippen LogP contribution < -0.4 is 16.8 Å². The molecule has 0 saturated heterocycles. The van der Waals surface area contributed by atoms with Crippen molar-refractivity contribution in [3.8, 4) is 0 Å². The second kappa shape index (κ2) is 5.55. The third-order valence-electron chi connectivity index (χ3n) is 1.93. The van der Waals surface area contributed by atoms with Gasteiger partial charge in [0.05, 0.1) is 0 Å². The monoisotopic (exact) mass is 219 g/mol. The summed E-state index contributed by atoms with van der Waals surface area (Å²) in [5.41, 5.74) is 10.7. The van der Waals surface area contributed by atoms with E-state index in [1.165, 1.54) is 6.20 Å². The predicted molar refractivity (Wildman–Crippen MR) is 59.8 cm³/mol. The van der Waals surface area contributed by atoms with Crippen molar-refractivity contribution >= 4 is 11.8 Å². The summed E-state index contributed by atoms with van der Waals surface area (Å²) in [4.78, 5) is 21.6. The molecule has 0 atom stereocenters. The zero-order valence-corrected chi connectivity index (χ0v) is 8.64. The van der Waals surface area contributed by atoms with Gasteiger partial charge in [-0.25, -0.2) is 0 Å². The fraction of sp³-hybridized carbons (Fsp3) is 0.0909. The minimum absolute atomic E-state index is 0.240. The van der Waals surface area contributed by atoms with Crippen LogP contribution >= 0.6 is 0 Å². The Hall–Kier alpha value is -2.30. The first-order valence-electron chi connectivity index (χ1n) is 4.68. The molecular weight excluding hydrogens is 206 g/mol. The van der Waals surface area contributed by atoms with E-state index in [1.54, 1.807) is 0 Å². The summed E-state index contributed by atoms with van der Waals surface area (Å²) in [6.45, 7) is 0.491. The van der Waals surface area contributed by atoms with Crippen molar-refractivity contribution in [2.45, 2.75) is 6.54 Å². The SMILES string of the molecule is NC(=O)C(=CNCc1ccccc1)C(N)=O.